The lowest BCUT2D eigenvalue weighted by Gasteiger charge is -2.39. The predicted octanol–water partition coefficient (Wildman–Crippen LogP) is 4.13. The summed E-state index contributed by atoms with van der Waals surface area (Å²) in [5, 5.41) is 7.51. The molecule has 1 saturated carbocycles. The Morgan fingerprint density at radius 1 is 1.06 bits per heavy atom. The number of nitrogens with one attached hydrogen (secondary N) is 1. The Kier molecular flexibility index (Phi) is 9.37. The summed E-state index contributed by atoms with van der Waals surface area (Å²) in [7, 11) is 1.90. The average molecular weight is 465 g/mol. The van der Waals surface area contributed by atoms with Crippen LogP contribution in [0.25, 0.3) is 0 Å². The summed E-state index contributed by atoms with van der Waals surface area (Å²) in [6, 6.07) is 8.18. The third kappa shape index (κ3) is 6.37. The predicted molar refractivity (Wildman–Crippen MR) is 128 cm³/mol. The largest absolute Gasteiger partial charge is 0.463 e. The summed E-state index contributed by atoms with van der Waals surface area (Å²) in [5.41, 5.74) is 7.52. The molecule has 1 aromatic rings. The van der Waals surface area contributed by atoms with E-state index in [-0.39, 0.29) is 48.3 Å². The van der Waals surface area contributed by atoms with E-state index in [1.54, 1.807) is 0 Å². The van der Waals surface area contributed by atoms with E-state index in [1.165, 1.54) is 5.56 Å². The van der Waals surface area contributed by atoms with Crippen LogP contribution in [0, 0.1) is 11.3 Å². The lowest BCUT2D eigenvalue weighted by atomic mass is 9.85. The third-order valence-electron chi connectivity index (χ3n) is 6.69. The molecule has 8 heteroatoms. The fourth-order valence-corrected chi connectivity index (χ4v) is 4.75. The Hall–Kier alpha value is -2.28. The van der Waals surface area contributed by atoms with Gasteiger partial charge in [-0.1, -0.05) is 24.3 Å². The van der Waals surface area contributed by atoms with Crippen LogP contribution < -0.4 is 5.73 Å². The molecular weight excluding hydrogens is 428 g/mol. The van der Waals surface area contributed by atoms with Gasteiger partial charge in [0, 0.05) is 31.7 Å². The molecule has 2 fully saturated rings. The van der Waals surface area contributed by atoms with E-state index >= 15 is 0 Å². The number of nitrogens with two attached hydrogens (primary N) is 1. The molecule has 3 N–H and O–H groups in total. The molecule has 7 nitrogen and oxygen atoms in total. The van der Waals surface area contributed by atoms with Crippen LogP contribution in [0.3, 0.4) is 0 Å². The lowest BCUT2D eigenvalue weighted by molar-refractivity contribution is -0.153. The molecule has 0 spiro atoms. The van der Waals surface area contributed by atoms with Gasteiger partial charge in [-0.25, -0.2) is 4.79 Å². The topological polar surface area (TPSA) is 99.7 Å². The van der Waals surface area contributed by atoms with Gasteiger partial charge in [0.15, 0.2) is 0 Å². The van der Waals surface area contributed by atoms with Crippen LogP contribution in [-0.2, 0) is 9.53 Å². The average Bonchev–Trinajstić information content (AvgIpc) is 2.78. The SMILES string of the molecule is CC(C)OC(=O)[C@H]1CC[C@H](N(C)C(=O)N2CCC(c3ccc(C(=N)N)cc3)CC2)CC1.Cl. The Bertz CT molecular complexity index is 783. The van der Waals surface area contributed by atoms with Gasteiger partial charge in [-0.05, 0) is 63.9 Å². The van der Waals surface area contributed by atoms with Crippen molar-refractivity contribution in [2.24, 2.45) is 11.7 Å². The van der Waals surface area contributed by atoms with Gasteiger partial charge in [-0.15, -0.1) is 12.4 Å². The first-order chi connectivity index (χ1) is 14.8. The van der Waals surface area contributed by atoms with Crippen LogP contribution in [0.1, 0.15) is 69.4 Å². The summed E-state index contributed by atoms with van der Waals surface area (Å²) < 4.78 is 5.35. The number of piperidine rings is 1. The van der Waals surface area contributed by atoms with E-state index in [2.05, 4.69) is 0 Å². The van der Waals surface area contributed by atoms with Crippen molar-refractivity contribution in [1.82, 2.24) is 9.80 Å². The summed E-state index contributed by atoms with van der Waals surface area (Å²) in [4.78, 5) is 29.0. The fourth-order valence-electron chi connectivity index (χ4n) is 4.75. The number of ether oxygens (including phenoxy) is 1. The first-order valence-electron chi connectivity index (χ1n) is 11.4. The molecule has 2 aliphatic rings. The Morgan fingerprint density at radius 3 is 2.12 bits per heavy atom. The molecule has 32 heavy (non-hydrogen) atoms. The zero-order valence-electron chi connectivity index (χ0n) is 19.4. The highest BCUT2D eigenvalue weighted by Gasteiger charge is 2.33. The van der Waals surface area contributed by atoms with Gasteiger partial charge >= 0.3 is 12.0 Å². The summed E-state index contributed by atoms with van der Waals surface area (Å²) in [6.45, 7) is 5.25. The van der Waals surface area contributed by atoms with Crippen molar-refractivity contribution in [2.45, 2.75) is 70.4 Å². The maximum absolute atomic E-state index is 13.0. The highest BCUT2D eigenvalue weighted by atomic mass is 35.5. The maximum atomic E-state index is 13.0. The zero-order valence-corrected chi connectivity index (χ0v) is 20.2. The van der Waals surface area contributed by atoms with Crippen LogP contribution in [0.4, 0.5) is 4.79 Å². The molecule has 3 rings (SSSR count). The maximum Gasteiger partial charge on any atom is 0.319 e. The molecule has 2 amide bonds. The fraction of sp³-hybridized carbons (Fsp3) is 0.625. The second-order valence-electron chi connectivity index (χ2n) is 9.18. The highest BCUT2D eigenvalue weighted by molar-refractivity contribution is 5.94. The molecule has 1 saturated heterocycles. The molecule has 1 heterocycles. The van der Waals surface area contributed by atoms with Gasteiger partial charge in [0.1, 0.15) is 5.84 Å². The second-order valence-corrected chi connectivity index (χ2v) is 9.18. The third-order valence-corrected chi connectivity index (χ3v) is 6.69. The van der Waals surface area contributed by atoms with E-state index in [9.17, 15) is 9.59 Å². The van der Waals surface area contributed by atoms with Crippen molar-refractivity contribution in [3.8, 4) is 0 Å². The van der Waals surface area contributed by atoms with Gasteiger partial charge in [-0.2, -0.15) is 0 Å². The molecule has 1 aliphatic heterocycles. The van der Waals surface area contributed by atoms with E-state index in [4.69, 9.17) is 15.9 Å². The number of nitrogens with zero attached hydrogens (tertiary/aromatic N) is 2. The van der Waals surface area contributed by atoms with Crippen molar-refractivity contribution in [1.29, 1.82) is 5.41 Å². The number of halogens is 1. The number of likely N-dealkylation sites (tertiary alicyclic amines) is 1. The number of benzene rings is 1. The summed E-state index contributed by atoms with van der Waals surface area (Å²) >= 11 is 0. The summed E-state index contributed by atoms with van der Waals surface area (Å²) in [5.74, 6) is 0.381. The van der Waals surface area contributed by atoms with Crippen molar-refractivity contribution in [3.63, 3.8) is 0 Å². The smallest absolute Gasteiger partial charge is 0.319 e. The number of carbonyl (C=O) groups excluding carboxylic acids is 2. The van der Waals surface area contributed by atoms with Crippen molar-refractivity contribution in [2.75, 3.05) is 20.1 Å². The molecule has 0 atom stereocenters. The first kappa shape index (κ1) is 26.0. The van der Waals surface area contributed by atoms with Gasteiger partial charge in [0.05, 0.1) is 12.0 Å². The molecule has 0 radical (unpaired) electrons. The number of nitrogen functional groups attached to an aromatic ring is 1. The molecular formula is C24H37ClN4O3. The van der Waals surface area contributed by atoms with Crippen LogP contribution >= 0.6 is 12.4 Å². The number of hydrogen-bond acceptors (Lipinski definition) is 4. The Balaban J connectivity index is 0.00000363. The minimum atomic E-state index is -0.0964. The number of amidine groups is 1. The van der Waals surface area contributed by atoms with Crippen LogP contribution in [0.2, 0.25) is 0 Å². The number of amides is 2. The van der Waals surface area contributed by atoms with Crippen molar-refractivity contribution < 1.29 is 14.3 Å². The number of urea groups is 1. The van der Waals surface area contributed by atoms with Crippen molar-refractivity contribution >= 4 is 30.2 Å². The van der Waals surface area contributed by atoms with E-state index < -0.39 is 0 Å². The van der Waals surface area contributed by atoms with E-state index in [0.717, 1.165) is 57.2 Å². The number of rotatable bonds is 5. The second kappa shape index (κ2) is 11.5. The van der Waals surface area contributed by atoms with E-state index in [1.807, 2.05) is 55.0 Å². The van der Waals surface area contributed by atoms with Gasteiger partial charge in [-0.3, -0.25) is 10.2 Å². The Morgan fingerprint density at radius 2 is 1.62 bits per heavy atom. The minimum Gasteiger partial charge on any atom is -0.463 e. The number of esters is 1. The normalized spacial score (nSPS) is 21.6. The summed E-state index contributed by atoms with van der Waals surface area (Å²) in [6.07, 6.45) is 5.06. The molecule has 1 aromatic carbocycles. The molecule has 178 valence electrons. The molecule has 0 bridgehead atoms. The van der Waals surface area contributed by atoms with Gasteiger partial charge in [0.2, 0.25) is 0 Å². The minimum absolute atomic E-state index is 0. The van der Waals surface area contributed by atoms with Crippen molar-refractivity contribution in [3.05, 3.63) is 35.4 Å². The monoisotopic (exact) mass is 464 g/mol. The van der Waals surface area contributed by atoms with Gasteiger partial charge < -0.3 is 20.3 Å². The van der Waals surface area contributed by atoms with Crippen LogP contribution in [-0.4, -0.2) is 59.9 Å². The highest BCUT2D eigenvalue weighted by Crippen LogP contribution is 2.31. The number of carbonyl (C=O) groups is 2. The first-order valence-corrected chi connectivity index (χ1v) is 11.4. The molecule has 0 aromatic heterocycles. The molecule has 1 aliphatic carbocycles. The van der Waals surface area contributed by atoms with Gasteiger partial charge in [0.25, 0.3) is 0 Å². The quantitative estimate of drug-likeness (QED) is 0.388. The zero-order chi connectivity index (χ0) is 22.5. The standard InChI is InChI=1S/C24H36N4O3.ClH/c1-16(2)31-23(29)20-8-10-21(11-9-20)27(3)24(30)28-14-12-18(13-15-28)17-4-6-19(7-5-17)22(25)26;/h4-7,16,18,20-21H,8-15H2,1-3H3,(H3,25,26);1H/t20-,21-;. The van der Waals surface area contributed by atoms with E-state index in [0.29, 0.717) is 5.92 Å². The lowest BCUT2D eigenvalue weighted by Crippen LogP contribution is -2.49. The van der Waals surface area contributed by atoms with Crippen LogP contribution in [0.15, 0.2) is 24.3 Å². The number of hydrogen-bond donors (Lipinski definition) is 2. The Labute approximate surface area is 197 Å². The van der Waals surface area contributed by atoms with Crippen LogP contribution in [0.5, 0.6) is 0 Å². The molecule has 0 unspecified atom stereocenters.